The zero-order chi connectivity index (χ0) is 17.0. The summed E-state index contributed by atoms with van der Waals surface area (Å²) in [5.74, 6) is 0.0734. The van der Waals surface area contributed by atoms with E-state index in [-0.39, 0.29) is 5.41 Å². The van der Waals surface area contributed by atoms with Crippen LogP contribution in [0.3, 0.4) is 0 Å². The molecule has 2 atom stereocenters. The maximum atomic E-state index is 10.9. The number of benzene rings is 2. The molecule has 2 unspecified atom stereocenters. The molecular weight excluding hydrogens is 298 g/mol. The topological polar surface area (TPSA) is 38.7 Å². The van der Waals surface area contributed by atoms with E-state index in [1.54, 1.807) is 6.21 Å². The molecule has 0 N–H and O–H groups in total. The molecule has 1 saturated carbocycles. The molecule has 0 aliphatic heterocycles. The van der Waals surface area contributed by atoms with Crippen LogP contribution in [0.4, 0.5) is 0 Å². The van der Waals surface area contributed by atoms with Gasteiger partial charge >= 0.3 is 5.97 Å². The van der Waals surface area contributed by atoms with Gasteiger partial charge in [0.05, 0.1) is 6.21 Å². The average molecular weight is 319 g/mol. The van der Waals surface area contributed by atoms with Crippen LogP contribution >= 0.6 is 0 Å². The molecular formula is C21H21NO2. The highest BCUT2D eigenvalue weighted by Gasteiger charge is 2.48. The van der Waals surface area contributed by atoms with Gasteiger partial charge in [-0.25, -0.2) is 4.79 Å². The van der Waals surface area contributed by atoms with Crippen LogP contribution in [0.25, 0.3) is 5.57 Å². The molecule has 122 valence electrons. The maximum absolute atomic E-state index is 10.9. The van der Waals surface area contributed by atoms with E-state index >= 15 is 0 Å². The quantitative estimate of drug-likeness (QED) is 0.455. The maximum Gasteiger partial charge on any atom is 0.331 e. The predicted octanol–water partition coefficient (Wildman–Crippen LogP) is 4.69. The Bertz CT molecular complexity index is 723. The fraction of sp³-hybridized carbons (Fsp3) is 0.238. The third kappa shape index (κ3) is 3.62. The van der Waals surface area contributed by atoms with Crippen LogP contribution in [0.2, 0.25) is 0 Å². The zero-order valence-corrected chi connectivity index (χ0v) is 14.0. The molecule has 0 aromatic heterocycles. The van der Waals surface area contributed by atoms with E-state index in [1.807, 2.05) is 36.4 Å². The molecule has 3 nitrogen and oxygen atoms in total. The lowest BCUT2D eigenvalue weighted by atomic mass is 9.92. The van der Waals surface area contributed by atoms with Crippen LogP contribution in [0.15, 0.2) is 71.9 Å². The third-order valence-electron chi connectivity index (χ3n) is 4.47. The number of carbonyl (C=O) groups excluding carboxylic acids is 1. The molecule has 3 heteroatoms. The van der Waals surface area contributed by atoms with Gasteiger partial charge in [-0.05, 0) is 29.0 Å². The Morgan fingerprint density at radius 1 is 1.08 bits per heavy atom. The van der Waals surface area contributed by atoms with Gasteiger partial charge in [0.25, 0.3) is 0 Å². The standard InChI is InChI=1S/C21H21NO2/c1-16-13-21(16,15-22-24-17(2)23)14-20(18-9-5-3-6-10-18)19-11-7-4-8-12-19/h3-12,14-16H,13H2,1-2H3/b22-15+. The lowest BCUT2D eigenvalue weighted by molar-refractivity contribution is -0.140. The van der Waals surface area contributed by atoms with E-state index in [0.29, 0.717) is 5.92 Å². The third-order valence-corrected chi connectivity index (χ3v) is 4.47. The molecule has 1 aliphatic carbocycles. The van der Waals surface area contributed by atoms with Crippen molar-refractivity contribution in [3.8, 4) is 0 Å². The summed E-state index contributed by atoms with van der Waals surface area (Å²) in [4.78, 5) is 15.7. The summed E-state index contributed by atoms with van der Waals surface area (Å²) in [5.41, 5.74) is 3.36. The molecule has 0 radical (unpaired) electrons. The van der Waals surface area contributed by atoms with Crippen molar-refractivity contribution < 1.29 is 9.63 Å². The van der Waals surface area contributed by atoms with Crippen LogP contribution in [-0.2, 0) is 9.63 Å². The van der Waals surface area contributed by atoms with E-state index < -0.39 is 5.97 Å². The molecule has 1 fully saturated rings. The zero-order valence-electron chi connectivity index (χ0n) is 14.0. The minimum absolute atomic E-state index is 0.156. The molecule has 2 aromatic carbocycles. The van der Waals surface area contributed by atoms with Crippen molar-refractivity contribution in [2.24, 2.45) is 16.5 Å². The Morgan fingerprint density at radius 3 is 2.00 bits per heavy atom. The molecule has 3 rings (SSSR count). The Kier molecular flexibility index (Phi) is 4.61. The van der Waals surface area contributed by atoms with Gasteiger partial charge in [0.1, 0.15) is 0 Å². The van der Waals surface area contributed by atoms with Crippen molar-refractivity contribution >= 4 is 17.8 Å². The Balaban J connectivity index is 2.00. The summed E-state index contributed by atoms with van der Waals surface area (Å²) < 4.78 is 0. The molecule has 24 heavy (non-hydrogen) atoms. The first-order valence-electron chi connectivity index (χ1n) is 8.16. The fourth-order valence-electron chi connectivity index (χ4n) is 2.93. The smallest absolute Gasteiger partial charge is 0.319 e. The fourth-order valence-corrected chi connectivity index (χ4v) is 2.93. The van der Waals surface area contributed by atoms with Crippen molar-refractivity contribution in [3.63, 3.8) is 0 Å². The number of hydrogen-bond donors (Lipinski definition) is 0. The first-order chi connectivity index (χ1) is 11.6. The van der Waals surface area contributed by atoms with Gasteiger partial charge in [-0.2, -0.15) is 0 Å². The highest BCUT2D eigenvalue weighted by atomic mass is 16.7. The van der Waals surface area contributed by atoms with E-state index in [4.69, 9.17) is 4.84 Å². The molecule has 2 aromatic rings. The van der Waals surface area contributed by atoms with Crippen LogP contribution in [0.5, 0.6) is 0 Å². The highest BCUT2D eigenvalue weighted by molar-refractivity contribution is 5.85. The van der Waals surface area contributed by atoms with E-state index in [1.165, 1.54) is 23.6 Å². The van der Waals surface area contributed by atoms with Gasteiger partial charge in [-0.15, -0.1) is 0 Å². The van der Waals surface area contributed by atoms with Crippen molar-refractivity contribution in [2.75, 3.05) is 0 Å². The van der Waals surface area contributed by atoms with Gasteiger partial charge in [0.2, 0.25) is 0 Å². The van der Waals surface area contributed by atoms with Gasteiger partial charge in [0, 0.05) is 12.3 Å². The number of carbonyl (C=O) groups is 1. The van der Waals surface area contributed by atoms with Crippen LogP contribution < -0.4 is 0 Å². The van der Waals surface area contributed by atoms with Gasteiger partial charge in [0.15, 0.2) is 0 Å². The molecule has 0 bridgehead atoms. The Morgan fingerprint density at radius 2 is 1.58 bits per heavy atom. The SMILES string of the molecule is CC(=O)O/N=C/C1(C=C(c2ccccc2)c2ccccc2)CC1C. The summed E-state index contributed by atoms with van der Waals surface area (Å²) in [7, 11) is 0. The molecule has 0 heterocycles. The molecule has 0 spiro atoms. The lowest BCUT2D eigenvalue weighted by Crippen LogP contribution is -2.05. The Hall–Kier alpha value is -2.68. The summed E-state index contributed by atoms with van der Waals surface area (Å²) in [6, 6.07) is 20.7. The predicted molar refractivity (Wildman–Crippen MR) is 96.4 cm³/mol. The summed E-state index contributed by atoms with van der Waals surface area (Å²) in [5, 5.41) is 3.88. The summed E-state index contributed by atoms with van der Waals surface area (Å²) in [6.07, 6.45) is 5.03. The van der Waals surface area contributed by atoms with Crippen LogP contribution in [-0.4, -0.2) is 12.2 Å². The molecule has 0 amide bonds. The minimum Gasteiger partial charge on any atom is -0.319 e. The van der Waals surface area contributed by atoms with Crippen LogP contribution in [0, 0.1) is 11.3 Å². The van der Waals surface area contributed by atoms with E-state index in [9.17, 15) is 4.79 Å². The first kappa shape index (κ1) is 16.2. The number of nitrogens with zero attached hydrogens (tertiary/aromatic N) is 1. The first-order valence-corrected chi connectivity index (χ1v) is 8.16. The second kappa shape index (κ2) is 6.83. The van der Waals surface area contributed by atoms with E-state index in [0.717, 1.165) is 6.42 Å². The number of allylic oxidation sites excluding steroid dienone is 1. The number of hydrogen-bond acceptors (Lipinski definition) is 3. The highest BCUT2D eigenvalue weighted by Crippen LogP contribution is 2.53. The van der Waals surface area contributed by atoms with Crippen molar-refractivity contribution in [3.05, 3.63) is 77.9 Å². The van der Waals surface area contributed by atoms with Gasteiger partial charge in [-0.1, -0.05) is 78.8 Å². The number of rotatable bonds is 5. The van der Waals surface area contributed by atoms with E-state index in [2.05, 4.69) is 42.4 Å². The molecule has 0 saturated heterocycles. The molecule has 1 aliphatic rings. The summed E-state index contributed by atoms with van der Waals surface area (Å²) >= 11 is 0. The normalized spacial score (nSPS) is 22.2. The summed E-state index contributed by atoms with van der Waals surface area (Å²) in [6.45, 7) is 3.54. The second-order valence-electron chi connectivity index (χ2n) is 6.32. The monoisotopic (exact) mass is 319 g/mol. The number of oxime groups is 1. The largest absolute Gasteiger partial charge is 0.331 e. The lowest BCUT2D eigenvalue weighted by Gasteiger charge is -2.12. The van der Waals surface area contributed by atoms with Gasteiger partial charge < -0.3 is 4.84 Å². The van der Waals surface area contributed by atoms with Crippen molar-refractivity contribution in [1.82, 2.24) is 0 Å². The van der Waals surface area contributed by atoms with Crippen LogP contribution in [0.1, 0.15) is 31.4 Å². The second-order valence-corrected chi connectivity index (χ2v) is 6.32. The Labute approximate surface area is 142 Å². The van der Waals surface area contributed by atoms with Crippen molar-refractivity contribution in [2.45, 2.75) is 20.3 Å². The van der Waals surface area contributed by atoms with Gasteiger partial charge in [-0.3, -0.25) is 0 Å². The minimum atomic E-state index is -0.398. The van der Waals surface area contributed by atoms with Crippen molar-refractivity contribution in [1.29, 1.82) is 0 Å². The average Bonchev–Trinajstić information content (AvgIpc) is 3.23.